The Morgan fingerprint density at radius 3 is 2.21 bits per heavy atom. The van der Waals surface area contributed by atoms with E-state index in [1.807, 2.05) is 12.1 Å². The Labute approximate surface area is 148 Å². The summed E-state index contributed by atoms with van der Waals surface area (Å²) in [5.74, 6) is -0.451. The van der Waals surface area contributed by atoms with Gasteiger partial charge in [0.2, 0.25) is 10.2 Å². The number of carbonyl (C=O) groups excluding carboxylic acids is 2. The Bertz CT molecular complexity index is 811. The summed E-state index contributed by atoms with van der Waals surface area (Å²) in [4.78, 5) is 24.0. The lowest BCUT2D eigenvalue weighted by Crippen LogP contribution is -1.93. The van der Waals surface area contributed by atoms with Crippen molar-refractivity contribution >= 4 is 33.8 Å². The van der Waals surface area contributed by atoms with Gasteiger partial charge in [0, 0.05) is 4.90 Å². The minimum atomic E-state index is -0.451. The molecule has 2 aromatic rings. The lowest BCUT2D eigenvalue weighted by atomic mass is 10.1. The number of thioether (sulfide) groups is 2. The molecule has 5 heteroatoms. The summed E-state index contributed by atoms with van der Waals surface area (Å²) in [6.45, 7) is 8.58. The molecule has 24 heavy (non-hydrogen) atoms. The van der Waals surface area contributed by atoms with Crippen LogP contribution in [0.4, 0.5) is 4.39 Å². The number of hydrogen-bond donors (Lipinski definition) is 0. The maximum atomic E-state index is 14.2. The SMILES string of the molecule is C=CC(=O)Sc1ccc(-c2ccc(SC(=O)C(=C)C)c(F)c2)cc1. The molecule has 0 bridgehead atoms. The van der Waals surface area contributed by atoms with E-state index in [1.165, 1.54) is 12.1 Å². The van der Waals surface area contributed by atoms with Gasteiger partial charge < -0.3 is 0 Å². The molecule has 2 nitrogen and oxygen atoms in total. The lowest BCUT2D eigenvalue weighted by molar-refractivity contribution is -0.108. The van der Waals surface area contributed by atoms with E-state index >= 15 is 0 Å². The number of carbonyl (C=O) groups is 2. The van der Waals surface area contributed by atoms with Crippen LogP contribution in [0.3, 0.4) is 0 Å². The van der Waals surface area contributed by atoms with Gasteiger partial charge in [0.25, 0.3) is 0 Å². The minimum absolute atomic E-state index is 0.127. The molecule has 0 saturated heterocycles. The molecule has 0 heterocycles. The van der Waals surface area contributed by atoms with E-state index in [2.05, 4.69) is 13.2 Å². The predicted octanol–water partition coefficient (Wildman–Crippen LogP) is 5.49. The van der Waals surface area contributed by atoms with Gasteiger partial charge in [-0.3, -0.25) is 9.59 Å². The molecular formula is C19H15FO2S2. The third-order valence-corrected chi connectivity index (χ3v) is 5.02. The summed E-state index contributed by atoms with van der Waals surface area (Å²) in [5.41, 5.74) is 1.91. The minimum Gasteiger partial charge on any atom is -0.282 e. The van der Waals surface area contributed by atoms with Crippen LogP contribution < -0.4 is 0 Å². The van der Waals surface area contributed by atoms with Gasteiger partial charge in [0.1, 0.15) is 5.82 Å². The van der Waals surface area contributed by atoms with E-state index < -0.39 is 5.82 Å². The smallest absolute Gasteiger partial charge is 0.219 e. The van der Waals surface area contributed by atoms with Crippen molar-refractivity contribution in [2.24, 2.45) is 0 Å². The van der Waals surface area contributed by atoms with Crippen molar-refractivity contribution in [3.05, 3.63) is 73.1 Å². The molecule has 0 atom stereocenters. The highest BCUT2D eigenvalue weighted by Gasteiger charge is 2.11. The molecule has 0 unspecified atom stereocenters. The Morgan fingerprint density at radius 1 is 1.04 bits per heavy atom. The molecule has 0 aliphatic heterocycles. The second-order valence-electron chi connectivity index (χ2n) is 4.96. The second kappa shape index (κ2) is 8.13. The average Bonchev–Trinajstić information content (AvgIpc) is 2.57. The van der Waals surface area contributed by atoms with Gasteiger partial charge >= 0.3 is 0 Å². The molecule has 122 valence electrons. The molecule has 0 amide bonds. The monoisotopic (exact) mass is 358 g/mol. The Kier molecular flexibility index (Phi) is 6.17. The molecular weight excluding hydrogens is 343 g/mol. The number of halogens is 1. The molecule has 0 aliphatic carbocycles. The average molecular weight is 358 g/mol. The summed E-state index contributed by atoms with van der Waals surface area (Å²) in [6.07, 6.45) is 1.26. The number of rotatable bonds is 5. The highest BCUT2D eigenvalue weighted by molar-refractivity contribution is 8.14. The fourth-order valence-electron chi connectivity index (χ4n) is 1.82. The number of benzene rings is 2. The zero-order valence-corrected chi connectivity index (χ0v) is 14.7. The zero-order valence-electron chi connectivity index (χ0n) is 13.0. The highest BCUT2D eigenvalue weighted by Crippen LogP contribution is 2.30. The Balaban J connectivity index is 2.19. The first-order valence-corrected chi connectivity index (χ1v) is 8.66. The molecule has 0 radical (unpaired) electrons. The van der Waals surface area contributed by atoms with Crippen LogP contribution in [0.25, 0.3) is 11.1 Å². The summed E-state index contributed by atoms with van der Waals surface area (Å²) in [6, 6.07) is 12.0. The molecule has 2 aromatic carbocycles. The maximum absolute atomic E-state index is 14.2. The summed E-state index contributed by atoms with van der Waals surface area (Å²) in [5, 5.41) is -0.382. The Hall–Kier alpha value is -2.11. The molecule has 0 aromatic heterocycles. The Morgan fingerprint density at radius 2 is 1.67 bits per heavy atom. The summed E-state index contributed by atoms with van der Waals surface area (Å²) in [7, 11) is 0. The van der Waals surface area contributed by atoms with Crippen LogP contribution >= 0.6 is 23.5 Å². The van der Waals surface area contributed by atoms with Gasteiger partial charge in [-0.2, -0.15) is 0 Å². The maximum Gasteiger partial charge on any atom is 0.219 e. The summed E-state index contributed by atoms with van der Waals surface area (Å²) >= 11 is 1.91. The van der Waals surface area contributed by atoms with E-state index in [1.54, 1.807) is 31.2 Å². The van der Waals surface area contributed by atoms with Crippen molar-refractivity contribution in [1.82, 2.24) is 0 Å². The van der Waals surface area contributed by atoms with Crippen LogP contribution in [0.15, 0.2) is 77.1 Å². The van der Waals surface area contributed by atoms with E-state index in [0.29, 0.717) is 11.1 Å². The van der Waals surface area contributed by atoms with E-state index in [0.717, 1.165) is 34.0 Å². The van der Waals surface area contributed by atoms with Crippen molar-refractivity contribution in [2.45, 2.75) is 16.7 Å². The van der Waals surface area contributed by atoms with E-state index in [9.17, 15) is 14.0 Å². The molecule has 2 rings (SSSR count). The van der Waals surface area contributed by atoms with Gasteiger partial charge in [0.05, 0.1) is 4.90 Å². The topological polar surface area (TPSA) is 34.1 Å². The summed E-state index contributed by atoms with van der Waals surface area (Å²) < 4.78 is 14.2. The van der Waals surface area contributed by atoms with Gasteiger partial charge in [0.15, 0.2) is 0 Å². The van der Waals surface area contributed by atoms with Crippen molar-refractivity contribution in [2.75, 3.05) is 0 Å². The van der Waals surface area contributed by atoms with Crippen LogP contribution in [0.5, 0.6) is 0 Å². The van der Waals surface area contributed by atoms with Crippen molar-refractivity contribution < 1.29 is 14.0 Å². The van der Waals surface area contributed by atoms with Crippen LogP contribution in [0, 0.1) is 5.82 Å². The lowest BCUT2D eigenvalue weighted by Gasteiger charge is -2.07. The van der Waals surface area contributed by atoms with Crippen LogP contribution in [-0.2, 0) is 9.59 Å². The highest BCUT2D eigenvalue weighted by atomic mass is 32.2. The van der Waals surface area contributed by atoms with E-state index in [4.69, 9.17) is 0 Å². The fraction of sp³-hybridized carbons (Fsp3) is 0.0526. The van der Waals surface area contributed by atoms with Gasteiger partial charge in [-0.05, 0) is 77.5 Å². The molecule has 0 fully saturated rings. The number of hydrogen-bond acceptors (Lipinski definition) is 4. The second-order valence-corrected chi connectivity index (χ2v) is 7.06. The fourth-order valence-corrected chi connectivity index (χ4v) is 3.08. The molecule has 0 saturated carbocycles. The zero-order chi connectivity index (χ0) is 17.7. The first-order chi connectivity index (χ1) is 11.4. The normalized spacial score (nSPS) is 10.2. The van der Waals surface area contributed by atoms with Crippen LogP contribution in [0.1, 0.15) is 6.92 Å². The largest absolute Gasteiger partial charge is 0.282 e. The van der Waals surface area contributed by atoms with Crippen LogP contribution in [-0.4, -0.2) is 10.2 Å². The van der Waals surface area contributed by atoms with E-state index in [-0.39, 0.29) is 15.1 Å². The van der Waals surface area contributed by atoms with Crippen molar-refractivity contribution in [1.29, 1.82) is 0 Å². The van der Waals surface area contributed by atoms with Crippen molar-refractivity contribution in [3.63, 3.8) is 0 Å². The molecule has 0 spiro atoms. The molecule has 0 N–H and O–H groups in total. The standard InChI is InChI=1S/C19H15FO2S2/c1-4-18(21)23-15-8-5-13(6-9-15)14-7-10-17(16(20)11-14)24-19(22)12(2)3/h4-11H,1-2H2,3H3. The third kappa shape index (κ3) is 4.69. The van der Waals surface area contributed by atoms with Gasteiger partial charge in [-0.25, -0.2) is 4.39 Å². The third-order valence-electron chi connectivity index (χ3n) is 3.06. The first-order valence-electron chi connectivity index (χ1n) is 7.02. The quantitative estimate of drug-likeness (QED) is 0.523. The predicted molar refractivity (Wildman–Crippen MR) is 98.6 cm³/mol. The van der Waals surface area contributed by atoms with Gasteiger partial charge in [-0.15, -0.1) is 0 Å². The van der Waals surface area contributed by atoms with Crippen molar-refractivity contribution in [3.8, 4) is 11.1 Å². The van der Waals surface area contributed by atoms with Crippen LogP contribution in [0.2, 0.25) is 0 Å². The first kappa shape index (κ1) is 18.2. The van der Waals surface area contributed by atoms with Gasteiger partial charge in [-0.1, -0.05) is 31.4 Å². The molecule has 0 aliphatic rings.